The van der Waals surface area contributed by atoms with Gasteiger partial charge in [0, 0.05) is 6.92 Å². The molecule has 1 aromatic heterocycles. The summed E-state index contributed by atoms with van der Waals surface area (Å²) in [7, 11) is 0. The predicted molar refractivity (Wildman–Crippen MR) is 65.6 cm³/mol. The van der Waals surface area contributed by atoms with Gasteiger partial charge in [-0.15, -0.1) is 12.4 Å². The maximum Gasteiger partial charge on any atom is 0.237 e. The smallest absolute Gasteiger partial charge is 0.237 e. The number of aromatic nitrogens is 2. The van der Waals surface area contributed by atoms with Crippen molar-refractivity contribution in [2.45, 2.75) is 40.3 Å². The van der Waals surface area contributed by atoms with Gasteiger partial charge in [-0.05, 0) is 5.41 Å². The summed E-state index contributed by atoms with van der Waals surface area (Å²) >= 11 is 0. The highest BCUT2D eigenvalue weighted by molar-refractivity contribution is 5.85. The van der Waals surface area contributed by atoms with Crippen LogP contribution in [0.1, 0.15) is 32.5 Å². The number of nitrogens with two attached hydrogens (primary N) is 1. The number of aryl methyl sites for hydroxylation is 1. The van der Waals surface area contributed by atoms with Crippen LogP contribution >= 0.6 is 12.4 Å². The molecule has 0 radical (unpaired) electrons. The van der Waals surface area contributed by atoms with Crippen LogP contribution < -0.4 is 11.1 Å². The summed E-state index contributed by atoms with van der Waals surface area (Å²) in [6.45, 7) is 7.67. The number of rotatable bonds is 3. The highest BCUT2D eigenvalue weighted by Gasteiger charge is 2.27. The van der Waals surface area contributed by atoms with Gasteiger partial charge >= 0.3 is 0 Å². The summed E-state index contributed by atoms with van der Waals surface area (Å²) in [6.07, 6.45) is 0. The highest BCUT2D eigenvalue weighted by atomic mass is 35.5. The van der Waals surface area contributed by atoms with Gasteiger partial charge in [-0.3, -0.25) is 4.79 Å². The lowest BCUT2D eigenvalue weighted by Crippen LogP contribution is -2.48. The van der Waals surface area contributed by atoms with E-state index in [0.717, 1.165) is 0 Å². The number of nitrogens with zero attached hydrogens (tertiary/aromatic N) is 2. The summed E-state index contributed by atoms with van der Waals surface area (Å²) < 4.78 is 4.78. The first-order chi connectivity index (χ1) is 7.30. The Bertz CT molecular complexity index is 373. The topological polar surface area (TPSA) is 94.0 Å². The minimum absolute atomic E-state index is 0. The Kier molecular flexibility index (Phi) is 5.57. The monoisotopic (exact) mass is 262 g/mol. The zero-order valence-corrected chi connectivity index (χ0v) is 11.3. The van der Waals surface area contributed by atoms with Crippen molar-refractivity contribution in [1.82, 2.24) is 15.5 Å². The van der Waals surface area contributed by atoms with Gasteiger partial charge in [-0.1, -0.05) is 25.9 Å². The second kappa shape index (κ2) is 5.97. The fraction of sp³-hybridized carbons (Fsp3) is 0.700. The van der Waals surface area contributed by atoms with Crippen molar-refractivity contribution in [2.24, 2.45) is 11.1 Å². The van der Waals surface area contributed by atoms with Crippen molar-refractivity contribution in [2.75, 3.05) is 0 Å². The Morgan fingerprint density at radius 1 is 1.53 bits per heavy atom. The average Bonchev–Trinajstić information content (AvgIpc) is 2.58. The van der Waals surface area contributed by atoms with Crippen molar-refractivity contribution < 1.29 is 9.32 Å². The molecule has 3 N–H and O–H groups in total. The first-order valence-corrected chi connectivity index (χ1v) is 5.13. The maximum atomic E-state index is 11.6. The number of carbonyl (C=O) groups is 1. The van der Waals surface area contributed by atoms with E-state index in [0.29, 0.717) is 11.7 Å². The third kappa shape index (κ3) is 4.70. The third-order valence-corrected chi connectivity index (χ3v) is 2.21. The number of nitrogens with one attached hydrogen (secondary N) is 1. The van der Waals surface area contributed by atoms with E-state index in [1.165, 1.54) is 0 Å². The molecule has 1 heterocycles. The number of carbonyl (C=O) groups excluding carboxylic acids is 1. The normalized spacial score (nSPS) is 12.8. The molecule has 6 nitrogen and oxygen atoms in total. The molecule has 98 valence electrons. The van der Waals surface area contributed by atoms with Gasteiger partial charge in [0.1, 0.15) is 0 Å². The van der Waals surface area contributed by atoms with E-state index < -0.39 is 6.04 Å². The molecule has 0 unspecified atom stereocenters. The van der Waals surface area contributed by atoms with E-state index in [1.54, 1.807) is 6.92 Å². The van der Waals surface area contributed by atoms with Gasteiger partial charge in [0.05, 0.1) is 12.6 Å². The highest BCUT2D eigenvalue weighted by Crippen LogP contribution is 2.17. The Hall–Kier alpha value is -1.14. The van der Waals surface area contributed by atoms with E-state index in [2.05, 4.69) is 15.5 Å². The number of amides is 1. The standard InChI is InChI=1S/C10H18N4O2.ClH/c1-6-13-7(14-16-6)5-12-9(15)8(11)10(2,3)4;/h8H,5,11H2,1-4H3,(H,12,15);1H/t8-;/m1./s1. The Morgan fingerprint density at radius 2 is 2.12 bits per heavy atom. The Labute approximate surface area is 107 Å². The number of halogens is 1. The SMILES string of the molecule is Cc1nc(CNC(=O)[C@@H](N)C(C)(C)C)no1.Cl. The molecule has 0 saturated carbocycles. The second-order valence-corrected chi connectivity index (χ2v) is 4.79. The molecule has 0 saturated heterocycles. The zero-order chi connectivity index (χ0) is 12.3. The molecule has 0 aliphatic carbocycles. The van der Waals surface area contributed by atoms with Crippen molar-refractivity contribution in [3.8, 4) is 0 Å². The Morgan fingerprint density at radius 3 is 2.53 bits per heavy atom. The molecule has 1 aromatic rings. The van der Waals surface area contributed by atoms with Crippen molar-refractivity contribution in [3.05, 3.63) is 11.7 Å². The summed E-state index contributed by atoms with van der Waals surface area (Å²) in [5.41, 5.74) is 5.52. The van der Waals surface area contributed by atoms with Crippen molar-refractivity contribution in [3.63, 3.8) is 0 Å². The fourth-order valence-electron chi connectivity index (χ4n) is 1.08. The summed E-state index contributed by atoms with van der Waals surface area (Å²) in [5.74, 6) is 0.714. The Balaban J connectivity index is 0.00000256. The molecule has 1 rings (SSSR count). The molecule has 1 atom stereocenters. The van der Waals surface area contributed by atoms with Crippen LogP contribution in [0.15, 0.2) is 4.52 Å². The first-order valence-electron chi connectivity index (χ1n) is 5.13. The molecule has 0 spiro atoms. The van der Waals surface area contributed by atoms with Crippen LogP contribution in [0.5, 0.6) is 0 Å². The predicted octanol–water partition coefficient (Wildman–Crippen LogP) is 0.789. The lowest BCUT2D eigenvalue weighted by Gasteiger charge is -2.25. The lowest BCUT2D eigenvalue weighted by atomic mass is 9.87. The number of hydrogen-bond acceptors (Lipinski definition) is 5. The minimum atomic E-state index is -0.555. The van der Waals surface area contributed by atoms with Crippen LogP contribution in [-0.2, 0) is 11.3 Å². The lowest BCUT2D eigenvalue weighted by molar-refractivity contribution is -0.124. The van der Waals surface area contributed by atoms with E-state index >= 15 is 0 Å². The summed E-state index contributed by atoms with van der Waals surface area (Å²) in [6, 6.07) is -0.555. The van der Waals surface area contributed by atoms with E-state index in [-0.39, 0.29) is 30.3 Å². The largest absolute Gasteiger partial charge is 0.347 e. The van der Waals surface area contributed by atoms with Crippen LogP contribution in [0, 0.1) is 12.3 Å². The van der Waals surface area contributed by atoms with E-state index in [9.17, 15) is 4.79 Å². The molecule has 1 amide bonds. The molecule has 0 aliphatic heterocycles. The van der Waals surface area contributed by atoms with E-state index in [1.807, 2.05) is 20.8 Å². The number of hydrogen-bond donors (Lipinski definition) is 2. The average molecular weight is 263 g/mol. The van der Waals surface area contributed by atoms with Crippen molar-refractivity contribution >= 4 is 18.3 Å². The van der Waals surface area contributed by atoms with Gasteiger partial charge in [-0.2, -0.15) is 4.98 Å². The van der Waals surface area contributed by atoms with Crippen LogP contribution in [0.2, 0.25) is 0 Å². The molecule has 7 heteroatoms. The molecular weight excluding hydrogens is 244 g/mol. The molecule has 0 fully saturated rings. The quantitative estimate of drug-likeness (QED) is 0.840. The molecular formula is C10H19ClN4O2. The molecule has 0 aromatic carbocycles. The fourth-order valence-corrected chi connectivity index (χ4v) is 1.08. The van der Waals surface area contributed by atoms with Crippen molar-refractivity contribution in [1.29, 1.82) is 0 Å². The minimum Gasteiger partial charge on any atom is -0.347 e. The van der Waals surface area contributed by atoms with Gasteiger partial charge < -0.3 is 15.6 Å². The van der Waals surface area contributed by atoms with Crippen LogP contribution in [-0.4, -0.2) is 22.1 Å². The summed E-state index contributed by atoms with van der Waals surface area (Å²) in [4.78, 5) is 15.6. The second-order valence-electron chi connectivity index (χ2n) is 4.79. The van der Waals surface area contributed by atoms with Gasteiger partial charge in [0.2, 0.25) is 11.8 Å². The third-order valence-electron chi connectivity index (χ3n) is 2.21. The van der Waals surface area contributed by atoms with Crippen LogP contribution in [0.25, 0.3) is 0 Å². The maximum absolute atomic E-state index is 11.6. The molecule has 17 heavy (non-hydrogen) atoms. The first kappa shape index (κ1) is 15.9. The molecule has 0 bridgehead atoms. The zero-order valence-electron chi connectivity index (χ0n) is 10.5. The molecule has 0 aliphatic rings. The van der Waals surface area contributed by atoms with Gasteiger partial charge in [0.15, 0.2) is 5.82 Å². The van der Waals surface area contributed by atoms with E-state index in [4.69, 9.17) is 10.3 Å². The van der Waals surface area contributed by atoms with Crippen LogP contribution in [0.3, 0.4) is 0 Å². The van der Waals surface area contributed by atoms with Gasteiger partial charge in [-0.25, -0.2) is 0 Å². The van der Waals surface area contributed by atoms with Crippen LogP contribution in [0.4, 0.5) is 0 Å². The van der Waals surface area contributed by atoms with Gasteiger partial charge in [0.25, 0.3) is 0 Å². The summed E-state index contributed by atoms with van der Waals surface area (Å²) in [5, 5.41) is 6.34.